The van der Waals surface area contributed by atoms with Gasteiger partial charge in [0.2, 0.25) is 5.75 Å². The van der Waals surface area contributed by atoms with Crippen molar-refractivity contribution in [1.82, 2.24) is 0 Å². The number of esters is 1. The van der Waals surface area contributed by atoms with Crippen molar-refractivity contribution in [3.8, 4) is 17.2 Å². The standard InChI is InChI=1S/C26H34N2O8/c1-14(2)33-22-13-18(26(30)36-17(7)8)9-11-20(22)27-25(29)19-10-12-21(28(31)32)24(35-16(5)6)23(19)34-15(3)4/h9-17H,1-8H3,(H,27,29). The van der Waals surface area contributed by atoms with E-state index in [9.17, 15) is 19.7 Å². The molecule has 0 heterocycles. The molecule has 0 saturated heterocycles. The number of anilines is 1. The third-order valence-electron chi connectivity index (χ3n) is 4.41. The summed E-state index contributed by atoms with van der Waals surface area (Å²) >= 11 is 0. The second-order valence-electron chi connectivity index (χ2n) is 9.17. The summed E-state index contributed by atoms with van der Waals surface area (Å²) in [6.45, 7) is 14.0. The maximum atomic E-state index is 13.4. The van der Waals surface area contributed by atoms with Gasteiger partial charge >= 0.3 is 11.7 Å². The largest absolute Gasteiger partial charge is 0.489 e. The number of benzene rings is 2. The van der Waals surface area contributed by atoms with Gasteiger partial charge in [-0.2, -0.15) is 0 Å². The van der Waals surface area contributed by atoms with Gasteiger partial charge in [0.25, 0.3) is 5.91 Å². The molecule has 2 aromatic rings. The van der Waals surface area contributed by atoms with Gasteiger partial charge in [0, 0.05) is 6.07 Å². The summed E-state index contributed by atoms with van der Waals surface area (Å²) in [6, 6.07) is 7.07. The van der Waals surface area contributed by atoms with Crippen molar-refractivity contribution in [2.45, 2.75) is 79.8 Å². The maximum Gasteiger partial charge on any atom is 0.338 e. The Hall–Kier alpha value is -3.82. The molecule has 10 heteroatoms. The summed E-state index contributed by atoms with van der Waals surface area (Å²) in [4.78, 5) is 36.8. The van der Waals surface area contributed by atoms with Crippen LogP contribution in [0.5, 0.6) is 17.2 Å². The fourth-order valence-electron chi connectivity index (χ4n) is 3.15. The Morgan fingerprint density at radius 3 is 1.92 bits per heavy atom. The van der Waals surface area contributed by atoms with Gasteiger partial charge < -0.3 is 24.3 Å². The zero-order valence-electron chi connectivity index (χ0n) is 21.9. The molecule has 0 unspecified atom stereocenters. The summed E-state index contributed by atoms with van der Waals surface area (Å²) in [6.07, 6.45) is -1.34. The van der Waals surface area contributed by atoms with Gasteiger partial charge in [-0.15, -0.1) is 0 Å². The van der Waals surface area contributed by atoms with Crippen molar-refractivity contribution in [1.29, 1.82) is 0 Å². The Balaban J connectivity index is 2.54. The van der Waals surface area contributed by atoms with Crippen molar-refractivity contribution in [2.75, 3.05) is 5.32 Å². The quantitative estimate of drug-likeness (QED) is 0.233. The fourth-order valence-corrected chi connectivity index (χ4v) is 3.15. The van der Waals surface area contributed by atoms with E-state index in [1.54, 1.807) is 41.5 Å². The molecule has 0 atom stereocenters. The number of nitrogens with one attached hydrogen (secondary N) is 1. The second-order valence-corrected chi connectivity index (χ2v) is 9.17. The van der Waals surface area contributed by atoms with Crippen molar-refractivity contribution in [3.05, 3.63) is 51.6 Å². The minimum absolute atomic E-state index is 0.0335. The van der Waals surface area contributed by atoms with E-state index in [1.165, 1.54) is 30.3 Å². The van der Waals surface area contributed by atoms with E-state index in [0.29, 0.717) is 5.69 Å². The van der Waals surface area contributed by atoms with Crippen LogP contribution in [0, 0.1) is 10.1 Å². The first kappa shape index (κ1) is 28.4. The first-order valence-electron chi connectivity index (χ1n) is 11.8. The Bertz CT molecular complexity index is 1110. The number of nitrogens with zero attached hydrogens (tertiary/aromatic N) is 1. The second kappa shape index (κ2) is 12.2. The normalized spacial score (nSPS) is 11.1. The molecule has 0 aliphatic heterocycles. The van der Waals surface area contributed by atoms with Crippen molar-refractivity contribution >= 4 is 23.3 Å². The molecule has 1 N–H and O–H groups in total. The third kappa shape index (κ3) is 7.59. The van der Waals surface area contributed by atoms with Gasteiger partial charge in [-0.1, -0.05) is 0 Å². The van der Waals surface area contributed by atoms with Crippen LogP contribution >= 0.6 is 0 Å². The number of nitro groups is 1. The first-order valence-corrected chi connectivity index (χ1v) is 11.8. The van der Waals surface area contributed by atoms with E-state index in [1.807, 2.05) is 13.8 Å². The zero-order chi connectivity index (χ0) is 27.2. The summed E-state index contributed by atoms with van der Waals surface area (Å²) < 4.78 is 22.6. The fraction of sp³-hybridized carbons (Fsp3) is 0.462. The molecule has 0 bridgehead atoms. The summed E-state index contributed by atoms with van der Waals surface area (Å²) in [5.74, 6) is -1.01. The minimum atomic E-state index is -0.597. The highest BCUT2D eigenvalue weighted by Gasteiger charge is 2.29. The van der Waals surface area contributed by atoms with E-state index in [2.05, 4.69) is 5.32 Å². The molecule has 36 heavy (non-hydrogen) atoms. The summed E-state index contributed by atoms with van der Waals surface area (Å²) in [5, 5.41) is 14.4. The summed E-state index contributed by atoms with van der Waals surface area (Å²) in [7, 11) is 0. The lowest BCUT2D eigenvalue weighted by Gasteiger charge is -2.20. The van der Waals surface area contributed by atoms with Gasteiger partial charge in [0.1, 0.15) is 5.75 Å². The van der Waals surface area contributed by atoms with Crippen LogP contribution in [0.25, 0.3) is 0 Å². The summed E-state index contributed by atoms with van der Waals surface area (Å²) in [5.41, 5.74) is 0.301. The lowest BCUT2D eigenvalue weighted by molar-refractivity contribution is -0.386. The van der Waals surface area contributed by atoms with E-state index >= 15 is 0 Å². The Morgan fingerprint density at radius 2 is 1.39 bits per heavy atom. The van der Waals surface area contributed by atoms with Gasteiger partial charge in [-0.05, 0) is 79.7 Å². The van der Waals surface area contributed by atoms with Crippen LogP contribution in [0.1, 0.15) is 76.1 Å². The van der Waals surface area contributed by atoms with Gasteiger partial charge in [0.15, 0.2) is 5.75 Å². The molecule has 0 aliphatic carbocycles. The number of nitro benzene ring substituents is 1. The van der Waals surface area contributed by atoms with Crippen LogP contribution in [0.15, 0.2) is 30.3 Å². The SMILES string of the molecule is CC(C)OC(=O)c1ccc(NC(=O)c2ccc([N+](=O)[O-])c(OC(C)C)c2OC(C)C)c(OC(C)C)c1. The number of carbonyl (C=O) groups is 2. The van der Waals surface area contributed by atoms with Crippen LogP contribution in [0.2, 0.25) is 0 Å². The highest BCUT2D eigenvalue weighted by atomic mass is 16.6. The Kier molecular flexibility index (Phi) is 9.66. The molecule has 0 aliphatic rings. The molecule has 0 spiro atoms. The first-order chi connectivity index (χ1) is 16.8. The molecule has 2 rings (SSSR count). The number of carbonyl (C=O) groups excluding carboxylic acids is 2. The topological polar surface area (TPSA) is 126 Å². The van der Waals surface area contributed by atoms with Gasteiger partial charge in [0.05, 0.1) is 46.2 Å². The van der Waals surface area contributed by atoms with Gasteiger partial charge in [-0.3, -0.25) is 14.9 Å². The molecule has 10 nitrogen and oxygen atoms in total. The molecule has 0 saturated carbocycles. The van der Waals surface area contributed by atoms with Crippen LogP contribution in [0.3, 0.4) is 0 Å². The number of rotatable bonds is 11. The predicted octanol–water partition coefficient (Wildman–Crippen LogP) is 5.77. The molecule has 2 aromatic carbocycles. The number of hydrogen-bond acceptors (Lipinski definition) is 8. The molecule has 1 amide bonds. The van der Waals surface area contributed by atoms with Crippen LogP contribution < -0.4 is 19.5 Å². The van der Waals surface area contributed by atoms with Crippen molar-refractivity contribution in [3.63, 3.8) is 0 Å². The van der Waals surface area contributed by atoms with E-state index in [-0.39, 0.29) is 52.4 Å². The van der Waals surface area contributed by atoms with Crippen molar-refractivity contribution < 1.29 is 33.5 Å². The smallest absolute Gasteiger partial charge is 0.338 e. The maximum absolute atomic E-state index is 13.4. The average molecular weight is 503 g/mol. The lowest BCUT2D eigenvalue weighted by atomic mass is 10.1. The third-order valence-corrected chi connectivity index (χ3v) is 4.41. The lowest BCUT2D eigenvalue weighted by Crippen LogP contribution is -2.19. The number of amides is 1. The Labute approximate surface area is 211 Å². The van der Waals surface area contributed by atoms with Crippen LogP contribution in [0.4, 0.5) is 11.4 Å². The van der Waals surface area contributed by atoms with E-state index in [4.69, 9.17) is 18.9 Å². The van der Waals surface area contributed by atoms with Gasteiger partial charge in [-0.25, -0.2) is 4.79 Å². The average Bonchev–Trinajstić information content (AvgIpc) is 2.74. The van der Waals surface area contributed by atoms with Crippen LogP contribution in [-0.4, -0.2) is 41.2 Å². The number of hydrogen-bond donors (Lipinski definition) is 1. The zero-order valence-corrected chi connectivity index (χ0v) is 21.9. The molecule has 0 aromatic heterocycles. The van der Waals surface area contributed by atoms with E-state index < -0.39 is 22.9 Å². The monoisotopic (exact) mass is 502 g/mol. The highest BCUT2D eigenvalue weighted by molar-refractivity contribution is 6.08. The molecule has 0 radical (unpaired) electrons. The van der Waals surface area contributed by atoms with Crippen molar-refractivity contribution in [2.24, 2.45) is 0 Å². The molecular weight excluding hydrogens is 468 g/mol. The van der Waals surface area contributed by atoms with Crippen LogP contribution in [-0.2, 0) is 4.74 Å². The Morgan fingerprint density at radius 1 is 0.806 bits per heavy atom. The molecular formula is C26H34N2O8. The van der Waals surface area contributed by atoms with E-state index in [0.717, 1.165) is 0 Å². The molecule has 196 valence electrons. The minimum Gasteiger partial charge on any atom is -0.489 e. The highest BCUT2D eigenvalue weighted by Crippen LogP contribution is 2.42. The number of ether oxygens (including phenoxy) is 4. The predicted molar refractivity (Wildman–Crippen MR) is 135 cm³/mol. The molecule has 0 fully saturated rings.